The summed E-state index contributed by atoms with van der Waals surface area (Å²) in [6.45, 7) is 8.90. The highest BCUT2D eigenvalue weighted by molar-refractivity contribution is 4.91. The Kier molecular flexibility index (Phi) is 2.61. The molecule has 0 spiro atoms. The molecule has 1 atom stereocenters. The topological polar surface area (TPSA) is 12.5 Å². The quantitative estimate of drug-likeness (QED) is 0.650. The third-order valence-electron chi connectivity index (χ3n) is 3.44. The molecule has 0 aromatic heterocycles. The maximum Gasteiger partial charge on any atom is 0.113 e. The molecular weight excluding hydrogens is 162 g/mol. The molecule has 0 aromatic carbocycles. The molecule has 3 aliphatic rings. The molecule has 2 saturated heterocycles. The minimum absolute atomic E-state index is 0.377. The second-order valence-corrected chi connectivity index (χ2v) is 4.79. The summed E-state index contributed by atoms with van der Waals surface area (Å²) in [5.41, 5.74) is 0. The maximum absolute atomic E-state index is 5.95. The fourth-order valence-electron chi connectivity index (χ4n) is 2.66. The van der Waals surface area contributed by atoms with Crippen LogP contribution in [0.2, 0.25) is 0 Å². The van der Waals surface area contributed by atoms with Gasteiger partial charge in [0.05, 0.1) is 6.61 Å². The van der Waals surface area contributed by atoms with Gasteiger partial charge in [-0.05, 0) is 31.2 Å². The summed E-state index contributed by atoms with van der Waals surface area (Å²) in [7, 11) is 0. The Balaban J connectivity index is 2.06. The monoisotopic (exact) mass is 183 g/mol. The van der Waals surface area contributed by atoms with E-state index in [1.807, 2.05) is 0 Å². The van der Waals surface area contributed by atoms with Gasteiger partial charge in [0.15, 0.2) is 0 Å². The molecule has 1 unspecified atom stereocenters. The summed E-state index contributed by atoms with van der Waals surface area (Å²) in [5.74, 6) is 1.49. The van der Waals surface area contributed by atoms with Gasteiger partial charge < -0.3 is 4.74 Å². The first-order valence-electron chi connectivity index (χ1n) is 5.59. The van der Waals surface area contributed by atoms with E-state index in [0.717, 1.165) is 25.1 Å². The van der Waals surface area contributed by atoms with E-state index in [1.165, 1.54) is 12.8 Å². The highest BCUT2D eigenvalue weighted by Gasteiger charge is 2.41. The first-order chi connectivity index (χ1) is 6.22. The molecule has 3 rings (SSSR count). The van der Waals surface area contributed by atoms with Gasteiger partial charge in [0.25, 0.3) is 0 Å². The van der Waals surface area contributed by atoms with Gasteiger partial charge in [0.2, 0.25) is 0 Å². The third-order valence-corrected chi connectivity index (χ3v) is 3.44. The molecule has 0 radical (unpaired) electrons. The van der Waals surface area contributed by atoms with Crippen molar-refractivity contribution in [2.24, 2.45) is 11.8 Å². The van der Waals surface area contributed by atoms with Crippen molar-refractivity contribution in [3.8, 4) is 0 Å². The second kappa shape index (κ2) is 3.58. The minimum atomic E-state index is 0.377. The Labute approximate surface area is 81.3 Å². The zero-order valence-electron chi connectivity index (χ0n) is 8.99. The van der Waals surface area contributed by atoms with Gasteiger partial charge in [0, 0.05) is 6.04 Å². The van der Waals surface area contributed by atoms with Gasteiger partial charge >= 0.3 is 0 Å². The van der Waals surface area contributed by atoms with E-state index in [9.17, 15) is 0 Å². The summed E-state index contributed by atoms with van der Waals surface area (Å²) >= 11 is 0. The smallest absolute Gasteiger partial charge is 0.113 e. The summed E-state index contributed by atoms with van der Waals surface area (Å²) in [4.78, 5) is 2.55. The molecule has 1 saturated carbocycles. The van der Waals surface area contributed by atoms with Crippen molar-refractivity contribution >= 4 is 0 Å². The van der Waals surface area contributed by atoms with Crippen LogP contribution in [0.4, 0.5) is 0 Å². The largest absolute Gasteiger partial charge is 0.363 e. The van der Waals surface area contributed by atoms with Gasteiger partial charge in [-0.2, -0.15) is 0 Å². The van der Waals surface area contributed by atoms with Crippen molar-refractivity contribution in [1.29, 1.82) is 0 Å². The van der Waals surface area contributed by atoms with E-state index < -0.39 is 0 Å². The highest BCUT2D eigenvalue weighted by Crippen LogP contribution is 2.38. The molecule has 76 valence electrons. The van der Waals surface area contributed by atoms with E-state index in [4.69, 9.17) is 4.74 Å². The first-order valence-corrected chi connectivity index (χ1v) is 5.59. The minimum Gasteiger partial charge on any atom is -0.363 e. The van der Waals surface area contributed by atoms with Crippen LogP contribution in [0.5, 0.6) is 0 Å². The summed E-state index contributed by atoms with van der Waals surface area (Å²) in [6, 6.07) is 0.824. The third kappa shape index (κ3) is 1.62. The van der Waals surface area contributed by atoms with Crippen LogP contribution in [0.25, 0.3) is 0 Å². The number of rotatable bonds is 2. The molecule has 2 nitrogen and oxygen atoms in total. The van der Waals surface area contributed by atoms with Crippen LogP contribution < -0.4 is 0 Å². The zero-order valence-corrected chi connectivity index (χ0v) is 8.99. The van der Waals surface area contributed by atoms with Crippen LogP contribution in [0.3, 0.4) is 0 Å². The van der Waals surface area contributed by atoms with Crippen LogP contribution in [0.15, 0.2) is 0 Å². The van der Waals surface area contributed by atoms with E-state index in [0.29, 0.717) is 12.1 Å². The van der Waals surface area contributed by atoms with E-state index in [-0.39, 0.29) is 0 Å². The van der Waals surface area contributed by atoms with Crippen LogP contribution >= 0.6 is 0 Å². The van der Waals surface area contributed by atoms with Gasteiger partial charge in [-0.15, -0.1) is 0 Å². The van der Waals surface area contributed by atoms with E-state index in [1.54, 1.807) is 0 Å². The van der Waals surface area contributed by atoms with Crippen molar-refractivity contribution in [1.82, 2.24) is 4.90 Å². The molecule has 2 aliphatic heterocycles. The summed E-state index contributed by atoms with van der Waals surface area (Å²) < 4.78 is 5.95. The van der Waals surface area contributed by atoms with Gasteiger partial charge in [-0.25, -0.2) is 0 Å². The molecule has 2 bridgehead atoms. The molecule has 0 N–H and O–H groups in total. The lowest BCUT2D eigenvalue weighted by Crippen LogP contribution is -2.48. The molecule has 1 aliphatic carbocycles. The number of ether oxygens (including phenoxy) is 1. The fraction of sp³-hybridized carbons (Fsp3) is 1.00. The lowest BCUT2D eigenvalue weighted by atomic mass is 9.80. The van der Waals surface area contributed by atoms with Crippen molar-refractivity contribution in [2.45, 2.75) is 45.9 Å². The molecule has 0 aromatic rings. The number of hydrogen-bond donors (Lipinski definition) is 0. The van der Waals surface area contributed by atoms with Crippen LogP contribution in [0.1, 0.15) is 33.6 Å². The molecule has 3 fully saturated rings. The molecule has 2 heteroatoms. The van der Waals surface area contributed by atoms with Gasteiger partial charge in [-0.1, -0.05) is 20.8 Å². The Morgan fingerprint density at radius 1 is 1.38 bits per heavy atom. The number of hydrogen-bond acceptors (Lipinski definition) is 2. The van der Waals surface area contributed by atoms with E-state index >= 15 is 0 Å². The highest BCUT2D eigenvalue weighted by atomic mass is 16.5. The maximum atomic E-state index is 5.95. The van der Waals surface area contributed by atoms with Crippen LogP contribution in [-0.2, 0) is 4.74 Å². The van der Waals surface area contributed by atoms with Crippen molar-refractivity contribution in [3.05, 3.63) is 0 Å². The lowest BCUT2D eigenvalue weighted by molar-refractivity contribution is -0.0749. The fourth-order valence-corrected chi connectivity index (χ4v) is 2.66. The first kappa shape index (κ1) is 9.47. The SMILES string of the molecule is CCN1C2CC(COC1C(C)C)C2. The average molecular weight is 183 g/mol. The second-order valence-electron chi connectivity index (χ2n) is 4.79. The molecule has 13 heavy (non-hydrogen) atoms. The standard InChI is InChI=1S/C11H21NO/c1-4-12-10-5-9(6-10)7-13-11(12)8(2)3/h8-11H,4-7H2,1-3H3. The number of fused-ring (bicyclic) bond motifs is 3. The zero-order chi connectivity index (χ0) is 9.42. The van der Waals surface area contributed by atoms with E-state index in [2.05, 4.69) is 25.7 Å². The van der Waals surface area contributed by atoms with Crippen molar-refractivity contribution < 1.29 is 4.74 Å². The summed E-state index contributed by atoms with van der Waals surface area (Å²) in [6.07, 6.45) is 3.12. The van der Waals surface area contributed by atoms with Crippen molar-refractivity contribution in [2.75, 3.05) is 13.2 Å². The lowest BCUT2D eigenvalue weighted by Gasteiger charge is -2.41. The normalized spacial score (nSPS) is 40.2. The molecule has 2 heterocycles. The average Bonchev–Trinajstić information content (AvgIpc) is 2.29. The van der Waals surface area contributed by atoms with Gasteiger partial charge in [0.1, 0.15) is 6.23 Å². The van der Waals surface area contributed by atoms with Crippen LogP contribution in [-0.4, -0.2) is 30.3 Å². The molecule has 0 amide bonds. The Morgan fingerprint density at radius 3 is 2.62 bits per heavy atom. The Hall–Kier alpha value is -0.0800. The van der Waals surface area contributed by atoms with Crippen LogP contribution in [0, 0.1) is 11.8 Å². The molecular formula is C11H21NO. The van der Waals surface area contributed by atoms with Gasteiger partial charge in [-0.3, -0.25) is 4.90 Å². The Bertz CT molecular complexity index is 175. The number of nitrogens with zero attached hydrogens (tertiary/aromatic N) is 1. The predicted octanol–water partition coefficient (Wildman–Crippen LogP) is 2.10. The Morgan fingerprint density at radius 2 is 2.08 bits per heavy atom. The predicted molar refractivity (Wildman–Crippen MR) is 53.5 cm³/mol. The summed E-state index contributed by atoms with van der Waals surface area (Å²) in [5, 5.41) is 0. The van der Waals surface area contributed by atoms with Crippen molar-refractivity contribution in [3.63, 3.8) is 0 Å².